The zero-order valence-electron chi connectivity index (χ0n) is 14.4. The molecular weight excluding hydrogens is 314 g/mol. The summed E-state index contributed by atoms with van der Waals surface area (Å²) in [6.45, 7) is 4.98. The standard InChI is InChI=1S/C19H21N5O/c1-12-7-13(2)9-15(8-12)16-11-17(23-22-16)21-19(25)14-3-5-24-6-4-20-18(24)10-14/h4,6-9,11,14H,3,5,10H2,1-2H3,(H2,21,22,23,25). The highest BCUT2D eigenvalue weighted by atomic mass is 16.2. The average Bonchev–Trinajstić information content (AvgIpc) is 3.22. The third-order valence-corrected chi connectivity index (χ3v) is 4.68. The summed E-state index contributed by atoms with van der Waals surface area (Å²) in [6, 6.07) is 8.23. The van der Waals surface area contributed by atoms with E-state index < -0.39 is 0 Å². The van der Waals surface area contributed by atoms with Gasteiger partial charge in [-0.1, -0.05) is 17.2 Å². The van der Waals surface area contributed by atoms with Crippen LogP contribution in [0.2, 0.25) is 0 Å². The van der Waals surface area contributed by atoms with Crippen LogP contribution in [0.25, 0.3) is 11.3 Å². The van der Waals surface area contributed by atoms with Crippen molar-refractivity contribution in [1.82, 2.24) is 19.7 Å². The van der Waals surface area contributed by atoms with E-state index in [0.29, 0.717) is 12.2 Å². The Balaban J connectivity index is 1.47. The van der Waals surface area contributed by atoms with Crippen LogP contribution < -0.4 is 5.32 Å². The molecule has 0 saturated heterocycles. The average molecular weight is 335 g/mol. The number of imidazole rings is 1. The van der Waals surface area contributed by atoms with Crippen LogP contribution in [0.3, 0.4) is 0 Å². The van der Waals surface area contributed by atoms with E-state index in [1.165, 1.54) is 11.1 Å². The van der Waals surface area contributed by atoms with Crippen LogP contribution in [0.15, 0.2) is 36.7 Å². The predicted molar refractivity (Wildman–Crippen MR) is 96.2 cm³/mol. The van der Waals surface area contributed by atoms with Gasteiger partial charge in [0, 0.05) is 42.9 Å². The molecule has 1 amide bonds. The van der Waals surface area contributed by atoms with E-state index in [0.717, 1.165) is 30.0 Å². The molecule has 25 heavy (non-hydrogen) atoms. The summed E-state index contributed by atoms with van der Waals surface area (Å²) >= 11 is 0. The Morgan fingerprint density at radius 2 is 2.04 bits per heavy atom. The molecule has 1 aliphatic heterocycles. The van der Waals surface area contributed by atoms with Gasteiger partial charge in [0.25, 0.3) is 0 Å². The van der Waals surface area contributed by atoms with Crippen molar-refractivity contribution in [3.8, 4) is 11.3 Å². The highest BCUT2D eigenvalue weighted by Gasteiger charge is 2.25. The van der Waals surface area contributed by atoms with E-state index >= 15 is 0 Å². The van der Waals surface area contributed by atoms with Crippen LogP contribution in [0, 0.1) is 19.8 Å². The Morgan fingerprint density at radius 3 is 2.84 bits per heavy atom. The minimum atomic E-state index is -0.0590. The fraction of sp³-hybridized carbons (Fsp3) is 0.316. The van der Waals surface area contributed by atoms with E-state index in [4.69, 9.17) is 0 Å². The molecule has 0 aliphatic carbocycles. The van der Waals surface area contributed by atoms with E-state index in [1.807, 2.05) is 12.3 Å². The number of nitrogens with zero attached hydrogens (tertiary/aromatic N) is 3. The Kier molecular flexibility index (Phi) is 3.87. The number of hydrogen-bond acceptors (Lipinski definition) is 3. The Bertz CT molecular complexity index is 903. The van der Waals surface area contributed by atoms with Crippen molar-refractivity contribution in [1.29, 1.82) is 0 Å². The maximum atomic E-state index is 12.6. The van der Waals surface area contributed by atoms with E-state index in [1.54, 1.807) is 6.20 Å². The number of H-pyrrole nitrogens is 1. The summed E-state index contributed by atoms with van der Waals surface area (Å²) in [6.07, 6.45) is 5.25. The van der Waals surface area contributed by atoms with Crippen molar-refractivity contribution >= 4 is 11.7 Å². The van der Waals surface area contributed by atoms with Crippen molar-refractivity contribution in [3.63, 3.8) is 0 Å². The lowest BCUT2D eigenvalue weighted by atomic mass is 9.97. The fourth-order valence-electron chi connectivity index (χ4n) is 3.47. The molecular formula is C19H21N5O. The van der Waals surface area contributed by atoms with Gasteiger partial charge < -0.3 is 9.88 Å². The first-order valence-electron chi connectivity index (χ1n) is 8.53. The number of fused-ring (bicyclic) bond motifs is 1. The third kappa shape index (κ3) is 3.20. The van der Waals surface area contributed by atoms with Crippen molar-refractivity contribution in [2.75, 3.05) is 5.32 Å². The quantitative estimate of drug-likeness (QED) is 0.772. The monoisotopic (exact) mass is 335 g/mol. The minimum Gasteiger partial charge on any atom is -0.335 e. The SMILES string of the molecule is Cc1cc(C)cc(-c2cc(NC(=O)C3CCn4ccnc4C3)n[nH]2)c1. The van der Waals surface area contributed by atoms with Crippen molar-refractivity contribution in [2.24, 2.45) is 5.92 Å². The maximum Gasteiger partial charge on any atom is 0.229 e. The molecule has 0 spiro atoms. The number of amides is 1. The summed E-state index contributed by atoms with van der Waals surface area (Å²) in [5, 5.41) is 10.2. The van der Waals surface area contributed by atoms with Gasteiger partial charge in [0.2, 0.25) is 5.91 Å². The molecule has 0 radical (unpaired) electrons. The van der Waals surface area contributed by atoms with Crippen molar-refractivity contribution in [2.45, 2.75) is 33.2 Å². The molecule has 0 saturated carbocycles. The normalized spacial score (nSPS) is 16.5. The van der Waals surface area contributed by atoms with E-state index in [9.17, 15) is 4.79 Å². The van der Waals surface area contributed by atoms with Crippen LogP contribution in [-0.4, -0.2) is 25.7 Å². The van der Waals surface area contributed by atoms with Gasteiger partial charge in [0.15, 0.2) is 5.82 Å². The maximum absolute atomic E-state index is 12.6. The number of aromatic nitrogens is 4. The zero-order valence-corrected chi connectivity index (χ0v) is 14.4. The highest BCUT2D eigenvalue weighted by molar-refractivity contribution is 5.92. The molecule has 4 rings (SSSR count). The number of hydrogen-bond donors (Lipinski definition) is 2. The first-order chi connectivity index (χ1) is 12.1. The van der Waals surface area contributed by atoms with Crippen molar-refractivity contribution < 1.29 is 4.79 Å². The van der Waals surface area contributed by atoms with Crippen LogP contribution in [0.5, 0.6) is 0 Å². The van der Waals surface area contributed by atoms with Crippen LogP contribution in [0.1, 0.15) is 23.4 Å². The molecule has 128 valence electrons. The van der Waals surface area contributed by atoms with Crippen LogP contribution >= 0.6 is 0 Å². The molecule has 0 fully saturated rings. The summed E-state index contributed by atoms with van der Waals surface area (Å²) < 4.78 is 2.11. The molecule has 6 nitrogen and oxygen atoms in total. The lowest BCUT2D eigenvalue weighted by Crippen LogP contribution is -2.30. The first kappa shape index (κ1) is 15.6. The number of anilines is 1. The van der Waals surface area contributed by atoms with Gasteiger partial charge in [0.1, 0.15) is 5.82 Å². The molecule has 1 atom stereocenters. The van der Waals surface area contributed by atoms with E-state index in [2.05, 4.69) is 57.1 Å². The highest BCUT2D eigenvalue weighted by Crippen LogP contribution is 2.24. The molecule has 2 N–H and O–H groups in total. The number of aryl methyl sites for hydroxylation is 3. The number of aromatic amines is 1. The second-order valence-electron chi connectivity index (χ2n) is 6.76. The fourth-order valence-corrected chi connectivity index (χ4v) is 3.47. The number of carbonyl (C=O) groups excluding carboxylic acids is 1. The molecule has 1 aliphatic rings. The van der Waals surface area contributed by atoms with E-state index in [-0.39, 0.29) is 11.8 Å². The Hall–Kier alpha value is -2.89. The number of carbonyl (C=O) groups is 1. The Labute approximate surface area is 146 Å². The van der Waals surface area contributed by atoms with Gasteiger partial charge in [0.05, 0.1) is 5.69 Å². The van der Waals surface area contributed by atoms with Gasteiger partial charge in [-0.2, -0.15) is 5.10 Å². The second kappa shape index (κ2) is 6.20. The molecule has 1 unspecified atom stereocenters. The molecule has 0 bridgehead atoms. The summed E-state index contributed by atoms with van der Waals surface area (Å²) in [5.41, 5.74) is 4.38. The van der Waals surface area contributed by atoms with Gasteiger partial charge in [-0.15, -0.1) is 0 Å². The second-order valence-corrected chi connectivity index (χ2v) is 6.76. The third-order valence-electron chi connectivity index (χ3n) is 4.68. The lowest BCUT2D eigenvalue weighted by Gasteiger charge is -2.22. The van der Waals surface area contributed by atoms with Crippen LogP contribution in [-0.2, 0) is 17.8 Å². The number of benzene rings is 1. The summed E-state index contributed by atoms with van der Waals surface area (Å²) in [7, 11) is 0. The zero-order chi connectivity index (χ0) is 17.4. The lowest BCUT2D eigenvalue weighted by molar-refractivity contribution is -0.120. The smallest absolute Gasteiger partial charge is 0.229 e. The van der Waals surface area contributed by atoms with Gasteiger partial charge in [-0.25, -0.2) is 4.98 Å². The molecule has 3 heterocycles. The molecule has 2 aromatic heterocycles. The minimum absolute atomic E-state index is 0.00715. The molecule has 1 aromatic carbocycles. The van der Waals surface area contributed by atoms with Crippen LogP contribution in [0.4, 0.5) is 5.82 Å². The topological polar surface area (TPSA) is 75.6 Å². The number of nitrogens with one attached hydrogen (secondary N) is 2. The largest absolute Gasteiger partial charge is 0.335 e. The molecule has 6 heteroatoms. The summed E-state index contributed by atoms with van der Waals surface area (Å²) in [5.74, 6) is 1.49. The van der Waals surface area contributed by atoms with Gasteiger partial charge in [-0.3, -0.25) is 9.89 Å². The summed E-state index contributed by atoms with van der Waals surface area (Å²) in [4.78, 5) is 16.9. The number of rotatable bonds is 3. The van der Waals surface area contributed by atoms with Gasteiger partial charge in [-0.05, 0) is 32.4 Å². The van der Waals surface area contributed by atoms with Crippen molar-refractivity contribution in [3.05, 3.63) is 53.6 Å². The first-order valence-corrected chi connectivity index (χ1v) is 8.53. The molecule has 3 aromatic rings. The Morgan fingerprint density at radius 1 is 1.24 bits per heavy atom. The predicted octanol–water partition coefficient (Wildman–Crippen LogP) is 3.09. The van der Waals surface area contributed by atoms with Gasteiger partial charge >= 0.3 is 0 Å².